The Hall–Kier alpha value is -3.10. The molecule has 1 aliphatic heterocycles. The minimum Gasteiger partial charge on any atom is -0.448 e. The molecule has 0 unspecified atom stereocenters. The third-order valence-electron chi connectivity index (χ3n) is 3.30. The fraction of sp³-hybridized carbons (Fsp3) is 0.267. The van der Waals surface area contributed by atoms with Crippen LogP contribution < -0.4 is 5.43 Å². The number of amides is 1. The topological polar surface area (TPSA) is 107 Å². The monoisotopic (exact) mass is 332 g/mol. The highest BCUT2D eigenvalue weighted by molar-refractivity contribution is 6.37. The molecule has 8 nitrogen and oxygen atoms in total. The predicted molar refractivity (Wildman–Crippen MR) is 79.0 cm³/mol. The molecule has 1 atom stereocenters. The Morgan fingerprint density at radius 2 is 2.04 bits per heavy atom. The molecule has 124 valence electrons. The molecule has 2 aromatic rings. The van der Waals surface area contributed by atoms with Crippen LogP contribution in [0.3, 0.4) is 0 Å². The summed E-state index contributed by atoms with van der Waals surface area (Å²) in [6.07, 6.45) is -0.404. The standard InChI is InChI=1S/C15H13FN4O4/c1-8(23-15(22)11-6-7-12(21)18-17-11)13-19-20-14(24-13)9-2-4-10(16)5-3-9/h2-5,8H,6-7H2,1H3,(H,18,21)/t8-/m1/s1. The Morgan fingerprint density at radius 1 is 1.29 bits per heavy atom. The number of aromatic nitrogens is 2. The summed E-state index contributed by atoms with van der Waals surface area (Å²) in [6, 6.07) is 5.56. The number of hydrazone groups is 1. The maximum atomic E-state index is 12.9. The number of esters is 1. The van der Waals surface area contributed by atoms with Crippen LogP contribution >= 0.6 is 0 Å². The Kier molecular flexibility index (Phi) is 4.32. The third kappa shape index (κ3) is 3.45. The third-order valence-corrected chi connectivity index (χ3v) is 3.30. The van der Waals surface area contributed by atoms with Crippen LogP contribution in [-0.2, 0) is 14.3 Å². The number of hydrogen-bond acceptors (Lipinski definition) is 7. The van der Waals surface area contributed by atoms with Gasteiger partial charge in [-0.1, -0.05) is 0 Å². The zero-order chi connectivity index (χ0) is 17.1. The van der Waals surface area contributed by atoms with E-state index in [9.17, 15) is 14.0 Å². The van der Waals surface area contributed by atoms with Crippen LogP contribution in [0.2, 0.25) is 0 Å². The summed E-state index contributed by atoms with van der Waals surface area (Å²) < 4.78 is 23.6. The maximum absolute atomic E-state index is 12.9. The lowest BCUT2D eigenvalue weighted by molar-refractivity contribution is -0.141. The number of nitrogens with one attached hydrogen (secondary N) is 1. The molecule has 1 N–H and O–H groups in total. The van der Waals surface area contributed by atoms with Gasteiger partial charge in [-0.25, -0.2) is 14.6 Å². The maximum Gasteiger partial charge on any atom is 0.355 e. The number of carbonyl (C=O) groups is 2. The van der Waals surface area contributed by atoms with Crippen LogP contribution in [0.15, 0.2) is 33.8 Å². The van der Waals surface area contributed by atoms with E-state index in [0.29, 0.717) is 5.56 Å². The normalized spacial score (nSPS) is 15.4. The van der Waals surface area contributed by atoms with Crippen molar-refractivity contribution in [2.24, 2.45) is 5.10 Å². The molecule has 1 amide bonds. The molecule has 1 aromatic carbocycles. The Bertz CT molecular complexity index is 800. The average molecular weight is 332 g/mol. The molecule has 0 aliphatic carbocycles. The van der Waals surface area contributed by atoms with Gasteiger partial charge in [0.1, 0.15) is 11.5 Å². The van der Waals surface area contributed by atoms with Gasteiger partial charge in [-0.2, -0.15) is 5.10 Å². The molecular formula is C15H13FN4O4. The summed E-state index contributed by atoms with van der Waals surface area (Å²) in [5.41, 5.74) is 2.90. The quantitative estimate of drug-likeness (QED) is 0.855. The van der Waals surface area contributed by atoms with Crippen molar-refractivity contribution in [1.29, 1.82) is 0 Å². The molecule has 0 saturated carbocycles. The van der Waals surface area contributed by atoms with Crippen molar-refractivity contribution >= 4 is 17.6 Å². The lowest BCUT2D eigenvalue weighted by Crippen LogP contribution is -2.31. The van der Waals surface area contributed by atoms with Crippen LogP contribution in [0.1, 0.15) is 31.8 Å². The summed E-state index contributed by atoms with van der Waals surface area (Å²) in [6.45, 7) is 1.57. The zero-order valence-electron chi connectivity index (χ0n) is 12.7. The summed E-state index contributed by atoms with van der Waals surface area (Å²) in [4.78, 5) is 23.0. The van der Waals surface area contributed by atoms with Gasteiger partial charge in [0.2, 0.25) is 11.8 Å². The lowest BCUT2D eigenvalue weighted by Gasteiger charge is -2.13. The molecule has 1 aliphatic rings. The first-order valence-corrected chi connectivity index (χ1v) is 7.18. The second-order valence-corrected chi connectivity index (χ2v) is 5.09. The molecule has 0 spiro atoms. The first kappa shape index (κ1) is 15.8. The highest BCUT2D eigenvalue weighted by atomic mass is 19.1. The summed E-state index contributed by atoms with van der Waals surface area (Å²) in [7, 11) is 0. The van der Waals surface area contributed by atoms with Gasteiger partial charge in [-0.15, -0.1) is 10.2 Å². The average Bonchev–Trinajstić information content (AvgIpc) is 3.06. The van der Waals surface area contributed by atoms with E-state index in [0.717, 1.165) is 0 Å². The second-order valence-electron chi connectivity index (χ2n) is 5.09. The number of carbonyl (C=O) groups excluding carboxylic acids is 2. The molecule has 0 radical (unpaired) electrons. The first-order valence-electron chi connectivity index (χ1n) is 7.18. The molecule has 0 bridgehead atoms. The van der Waals surface area contributed by atoms with Gasteiger partial charge in [0.25, 0.3) is 5.89 Å². The van der Waals surface area contributed by atoms with Gasteiger partial charge in [0, 0.05) is 18.4 Å². The number of benzene rings is 1. The van der Waals surface area contributed by atoms with Gasteiger partial charge < -0.3 is 9.15 Å². The smallest absolute Gasteiger partial charge is 0.355 e. The van der Waals surface area contributed by atoms with Gasteiger partial charge in [0.05, 0.1) is 0 Å². The van der Waals surface area contributed by atoms with E-state index in [2.05, 4.69) is 20.7 Å². The molecule has 0 fully saturated rings. The SMILES string of the molecule is C[C@@H](OC(=O)C1=NNC(=O)CC1)c1nnc(-c2ccc(F)cc2)o1. The van der Waals surface area contributed by atoms with E-state index in [1.54, 1.807) is 6.92 Å². The van der Waals surface area contributed by atoms with Crippen molar-refractivity contribution in [3.8, 4) is 11.5 Å². The second kappa shape index (κ2) is 6.57. The van der Waals surface area contributed by atoms with Gasteiger partial charge in [-0.3, -0.25) is 4.79 Å². The minimum absolute atomic E-state index is 0.100. The Morgan fingerprint density at radius 3 is 2.71 bits per heavy atom. The molecule has 9 heteroatoms. The van der Waals surface area contributed by atoms with E-state index in [-0.39, 0.29) is 42.1 Å². The largest absolute Gasteiger partial charge is 0.448 e. The fourth-order valence-corrected chi connectivity index (χ4v) is 2.01. The predicted octanol–water partition coefficient (Wildman–Crippen LogP) is 1.75. The Balaban J connectivity index is 1.67. The zero-order valence-corrected chi connectivity index (χ0v) is 12.7. The van der Waals surface area contributed by atoms with Crippen molar-refractivity contribution in [2.45, 2.75) is 25.9 Å². The van der Waals surface area contributed by atoms with Gasteiger partial charge >= 0.3 is 5.97 Å². The Labute approximate surface area is 135 Å². The lowest BCUT2D eigenvalue weighted by atomic mass is 10.2. The van der Waals surface area contributed by atoms with Crippen molar-refractivity contribution in [3.05, 3.63) is 36.0 Å². The van der Waals surface area contributed by atoms with Crippen LogP contribution in [0.4, 0.5) is 4.39 Å². The highest BCUT2D eigenvalue weighted by Crippen LogP contribution is 2.22. The molecule has 3 rings (SSSR count). The summed E-state index contributed by atoms with van der Waals surface area (Å²) in [5.74, 6) is -0.996. The van der Waals surface area contributed by atoms with E-state index < -0.39 is 12.1 Å². The number of nitrogens with zero attached hydrogens (tertiary/aromatic N) is 3. The fourth-order valence-electron chi connectivity index (χ4n) is 2.01. The van der Waals surface area contributed by atoms with Crippen molar-refractivity contribution < 1.29 is 23.1 Å². The van der Waals surface area contributed by atoms with Crippen LogP contribution in [0, 0.1) is 5.82 Å². The minimum atomic E-state index is -0.792. The number of ether oxygens (including phenoxy) is 1. The first-order chi connectivity index (χ1) is 11.5. The molecule has 0 saturated heterocycles. The number of hydrogen-bond donors (Lipinski definition) is 1. The van der Waals surface area contributed by atoms with Gasteiger partial charge in [-0.05, 0) is 31.2 Å². The van der Waals surface area contributed by atoms with Crippen molar-refractivity contribution in [2.75, 3.05) is 0 Å². The van der Waals surface area contributed by atoms with Gasteiger partial charge in [0.15, 0.2) is 6.10 Å². The highest BCUT2D eigenvalue weighted by Gasteiger charge is 2.24. The van der Waals surface area contributed by atoms with Crippen LogP contribution in [0.25, 0.3) is 11.5 Å². The molecule has 24 heavy (non-hydrogen) atoms. The number of rotatable bonds is 4. The summed E-state index contributed by atoms with van der Waals surface area (Å²) >= 11 is 0. The number of halogens is 1. The molecule has 2 heterocycles. The van der Waals surface area contributed by atoms with Crippen LogP contribution in [0.5, 0.6) is 0 Å². The molecular weight excluding hydrogens is 319 g/mol. The molecule has 1 aromatic heterocycles. The van der Waals surface area contributed by atoms with Crippen molar-refractivity contribution in [3.63, 3.8) is 0 Å². The van der Waals surface area contributed by atoms with E-state index >= 15 is 0 Å². The van der Waals surface area contributed by atoms with E-state index in [4.69, 9.17) is 9.15 Å². The summed E-state index contributed by atoms with van der Waals surface area (Å²) in [5, 5.41) is 11.3. The van der Waals surface area contributed by atoms with E-state index in [1.807, 2.05) is 0 Å². The van der Waals surface area contributed by atoms with Crippen LogP contribution in [-0.4, -0.2) is 27.8 Å². The van der Waals surface area contributed by atoms with E-state index in [1.165, 1.54) is 24.3 Å². The van der Waals surface area contributed by atoms with Crippen molar-refractivity contribution in [1.82, 2.24) is 15.6 Å².